The molecule has 2 atom stereocenters. The first-order valence-corrected chi connectivity index (χ1v) is 11.5. The molecule has 0 aliphatic carbocycles. The molecule has 7 nitrogen and oxygen atoms in total. The Balaban J connectivity index is 5.58. The first-order chi connectivity index (χ1) is 12.7. The number of alkyl halides is 6. The van der Waals surface area contributed by atoms with Crippen LogP contribution in [0.1, 0.15) is 53.4 Å². The minimum atomic E-state index is -5.66. The van der Waals surface area contributed by atoms with E-state index in [0.717, 1.165) is 0 Å². The van der Waals surface area contributed by atoms with Crippen LogP contribution < -0.4 is 9.44 Å². The number of hydrogen-bond acceptors (Lipinski definition) is 5. The van der Waals surface area contributed by atoms with Crippen molar-refractivity contribution in [2.24, 2.45) is 0 Å². The summed E-state index contributed by atoms with van der Waals surface area (Å²) in [5.74, 6) is 0. The quantitative estimate of drug-likeness (QED) is 0.418. The topological polar surface area (TPSA) is 102 Å². The van der Waals surface area contributed by atoms with Gasteiger partial charge in [-0.2, -0.15) is 26.3 Å². The Hall–Kier alpha value is -0.640. The van der Waals surface area contributed by atoms with E-state index in [4.69, 9.17) is 4.74 Å². The number of halogens is 6. The molecular weight excluding hydrogens is 454 g/mol. The maximum atomic E-state index is 12.5. The SMILES string of the molecule is CCCC(C)(CNS(=O)(=O)C(F)(F)F)OC(C)(CCC)CNS(=O)(=O)C(F)(F)F. The zero-order chi connectivity index (χ0) is 23.4. The molecule has 176 valence electrons. The van der Waals surface area contributed by atoms with E-state index in [2.05, 4.69) is 0 Å². The van der Waals surface area contributed by atoms with Gasteiger partial charge in [0.1, 0.15) is 0 Å². The molecule has 0 fully saturated rings. The zero-order valence-corrected chi connectivity index (χ0v) is 18.0. The van der Waals surface area contributed by atoms with E-state index >= 15 is 0 Å². The fourth-order valence-corrected chi connectivity index (χ4v) is 3.98. The summed E-state index contributed by atoms with van der Waals surface area (Å²) in [6.45, 7) is 4.25. The Morgan fingerprint density at radius 2 is 0.966 bits per heavy atom. The first-order valence-electron chi connectivity index (χ1n) is 8.56. The third-order valence-electron chi connectivity index (χ3n) is 3.93. The molecule has 0 heterocycles. The lowest BCUT2D eigenvalue weighted by Crippen LogP contribution is -2.54. The fraction of sp³-hybridized carbons (Fsp3) is 1.00. The van der Waals surface area contributed by atoms with Crippen molar-refractivity contribution in [2.45, 2.75) is 75.6 Å². The molecule has 0 amide bonds. The highest BCUT2D eigenvalue weighted by atomic mass is 32.2. The summed E-state index contributed by atoms with van der Waals surface area (Å²) in [4.78, 5) is 0. The van der Waals surface area contributed by atoms with Gasteiger partial charge in [0.25, 0.3) is 0 Å². The van der Waals surface area contributed by atoms with Crippen molar-refractivity contribution in [3.05, 3.63) is 0 Å². The molecule has 0 radical (unpaired) electrons. The Bertz CT molecular complexity index is 677. The molecular formula is C14H26F6N2O5S2. The van der Waals surface area contributed by atoms with Gasteiger partial charge in [0, 0.05) is 13.1 Å². The van der Waals surface area contributed by atoms with E-state index in [1.807, 2.05) is 0 Å². The van der Waals surface area contributed by atoms with Crippen molar-refractivity contribution in [3.8, 4) is 0 Å². The normalized spacial score (nSPS) is 18.3. The van der Waals surface area contributed by atoms with Crippen molar-refractivity contribution in [1.82, 2.24) is 9.44 Å². The Morgan fingerprint density at radius 3 is 1.17 bits per heavy atom. The number of ether oxygens (including phenoxy) is 1. The largest absolute Gasteiger partial charge is 0.511 e. The third kappa shape index (κ3) is 8.55. The van der Waals surface area contributed by atoms with Gasteiger partial charge in [0.2, 0.25) is 0 Å². The van der Waals surface area contributed by atoms with Crippen molar-refractivity contribution >= 4 is 20.0 Å². The lowest BCUT2D eigenvalue weighted by atomic mass is 9.95. The molecule has 0 aromatic heterocycles. The Labute approximate surface area is 166 Å². The molecule has 2 N–H and O–H groups in total. The highest BCUT2D eigenvalue weighted by molar-refractivity contribution is 7.90. The lowest BCUT2D eigenvalue weighted by Gasteiger charge is -2.41. The van der Waals surface area contributed by atoms with Crippen LogP contribution in [0.25, 0.3) is 0 Å². The highest BCUT2D eigenvalue weighted by Crippen LogP contribution is 2.30. The number of sulfonamides is 2. The van der Waals surface area contributed by atoms with Gasteiger partial charge in [-0.05, 0) is 26.7 Å². The predicted molar refractivity (Wildman–Crippen MR) is 93.7 cm³/mol. The van der Waals surface area contributed by atoms with Gasteiger partial charge in [-0.25, -0.2) is 26.3 Å². The average Bonchev–Trinajstić information content (AvgIpc) is 2.50. The molecule has 0 spiro atoms. The molecule has 0 saturated carbocycles. The van der Waals surface area contributed by atoms with E-state index in [-0.39, 0.29) is 12.8 Å². The standard InChI is InChI=1S/C14H26F6N2O5S2/c1-5-7-11(3,9-21-28(23,24)13(15,16)17)27-12(4,8-6-2)10-22-29(25,26)14(18,19)20/h21-22H,5-10H2,1-4H3. The zero-order valence-electron chi connectivity index (χ0n) is 16.4. The molecule has 0 rings (SSSR count). The molecule has 2 unspecified atom stereocenters. The first kappa shape index (κ1) is 28.4. The van der Waals surface area contributed by atoms with Gasteiger partial charge in [0.05, 0.1) is 11.2 Å². The molecule has 0 aliphatic rings. The summed E-state index contributed by atoms with van der Waals surface area (Å²) in [7, 11) is -11.3. The molecule has 0 aromatic carbocycles. The second-order valence-corrected chi connectivity index (χ2v) is 10.6. The maximum Gasteiger partial charge on any atom is 0.511 e. The minimum Gasteiger partial charge on any atom is -0.366 e. The van der Waals surface area contributed by atoms with Gasteiger partial charge < -0.3 is 4.74 Å². The van der Waals surface area contributed by atoms with Gasteiger partial charge in [-0.1, -0.05) is 26.7 Å². The second-order valence-electron chi connectivity index (χ2n) is 7.04. The van der Waals surface area contributed by atoms with E-state index in [1.54, 1.807) is 13.8 Å². The maximum absolute atomic E-state index is 12.5. The van der Waals surface area contributed by atoms with Crippen molar-refractivity contribution in [3.63, 3.8) is 0 Å². The van der Waals surface area contributed by atoms with E-state index < -0.39 is 55.4 Å². The monoisotopic (exact) mass is 480 g/mol. The molecule has 15 heteroatoms. The predicted octanol–water partition coefficient (Wildman–Crippen LogP) is 3.00. The van der Waals surface area contributed by atoms with Crippen LogP contribution in [0.3, 0.4) is 0 Å². The van der Waals surface area contributed by atoms with E-state index in [1.165, 1.54) is 23.3 Å². The van der Waals surface area contributed by atoms with Crippen LogP contribution in [0.2, 0.25) is 0 Å². The fourth-order valence-electron chi connectivity index (χ4n) is 2.66. The number of rotatable bonds is 12. The van der Waals surface area contributed by atoms with E-state index in [9.17, 15) is 43.2 Å². The van der Waals surface area contributed by atoms with Gasteiger partial charge in [-0.15, -0.1) is 0 Å². The third-order valence-corrected chi connectivity index (χ3v) is 6.20. The van der Waals surface area contributed by atoms with Crippen LogP contribution in [0, 0.1) is 0 Å². The summed E-state index contributed by atoms with van der Waals surface area (Å²) in [6.07, 6.45) is 0.804. The van der Waals surface area contributed by atoms with Crippen LogP contribution in [0.5, 0.6) is 0 Å². The minimum absolute atomic E-state index is 0.0543. The van der Waals surface area contributed by atoms with Crippen molar-refractivity contribution in [2.75, 3.05) is 13.1 Å². The number of nitrogens with one attached hydrogen (secondary N) is 2. The second kappa shape index (κ2) is 9.66. The smallest absolute Gasteiger partial charge is 0.366 e. The van der Waals surface area contributed by atoms with Gasteiger partial charge >= 0.3 is 31.1 Å². The van der Waals surface area contributed by atoms with Crippen LogP contribution >= 0.6 is 0 Å². The van der Waals surface area contributed by atoms with Crippen molar-refractivity contribution < 1.29 is 47.9 Å². The Morgan fingerprint density at radius 1 is 0.690 bits per heavy atom. The van der Waals surface area contributed by atoms with Gasteiger partial charge in [0.15, 0.2) is 0 Å². The molecule has 0 aliphatic heterocycles. The Kier molecular flexibility index (Phi) is 9.45. The lowest BCUT2D eigenvalue weighted by molar-refractivity contribution is -0.141. The highest BCUT2D eigenvalue weighted by Gasteiger charge is 2.49. The van der Waals surface area contributed by atoms with Crippen LogP contribution in [0.15, 0.2) is 0 Å². The molecule has 0 aromatic rings. The molecule has 0 bridgehead atoms. The molecule has 29 heavy (non-hydrogen) atoms. The summed E-state index contributed by atoms with van der Waals surface area (Å²) in [5.41, 5.74) is -14.2. The summed E-state index contributed by atoms with van der Waals surface area (Å²) >= 11 is 0. The summed E-state index contributed by atoms with van der Waals surface area (Å²) < 4.78 is 129. The average molecular weight is 480 g/mol. The van der Waals surface area contributed by atoms with Gasteiger partial charge in [-0.3, -0.25) is 0 Å². The number of hydrogen-bond donors (Lipinski definition) is 2. The molecule has 0 saturated heterocycles. The van der Waals surface area contributed by atoms with Crippen LogP contribution in [0.4, 0.5) is 26.3 Å². The summed E-state index contributed by atoms with van der Waals surface area (Å²) in [6, 6.07) is 0. The van der Waals surface area contributed by atoms with Crippen LogP contribution in [-0.2, 0) is 24.8 Å². The van der Waals surface area contributed by atoms with E-state index in [0.29, 0.717) is 12.8 Å². The van der Waals surface area contributed by atoms with Crippen molar-refractivity contribution in [1.29, 1.82) is 0 Å². The summed E-state index contributed by atoms with van der Waals surface area (Å²) in [5, 5.41) is 0. The van der Waals surface area contributed by atoms with Crippen LogP contribution in [-0.4, -0.2) is 52.1 Å².